The molecule has 1 fully saturated rings. The van der Waals surface area contributed by atoms with Crippen molar-refractivity contribution in [2.24, 2.45) is 5.41 Å². The van der Waals surface area contributed by atoms with Gasteiger partial charge in [-0.15, -0.1) is 0 Å². The Morgan fingerprint density at radius 3 is 2.83 bits per heavy atom. The molecule has 0 saturated heterocycles. The Morgan fingerprint density at radius 1 is 1.58 bits per heavy atom. The third kappa shape index (κ3) is 2.10. The molecule has 0 spiro atoms. The van der Waals surface area contributed by atoms with E-state index < -0.39 is 0 Å². The maximum atomic E-state index is 9.50. The van der Waals surface area contributed by atoms with Gasteiger partial charge >= 0.3 is 0 Å². The van der Waals surface area contributed by atoms with Crippen molar-refractivity contribution in [2.45, 2.75) is 52.6 Å². The van der Waals surface area contributed by atoms with E-state index in [1.165, 1.54) is 5.57 Å². The maximum absolute atomic E-state index is 9.50. The van der Waals surface area contributed by atoms with Gasteiger partial charge in [-0.3, -0.25) is 0 Å². The first-order chi connectivity index (χ1) is 5.56. The van der Waals surface area contributed by atoms with E-state index in [4.69, 9.17) is 0 Å². The molecule has 0 unspecified atom stereocenters. The van der Waals surface area contributed by atoms with Crippen LogP contribution in [0.3, 0.4) is 0 Å². The van der Waals surface area contributed by atoms with Crippen molar-refractivity contribution in [3.05, 3.63) is 11.6 Å². The number of aliphatic hydroxyl groups is 1. The smallest absolute Gasteiger partial charge is 0.0577 e. The fraction of sp³-hybridized carbons (Fsp3) is 0.818. The minimum absolute atomic E-state index is 0.0872. The van der Waals surface area contributed by atoms with Gasteiger partial charge in [0.25, 0.3) is 0 Å². The van der Waals surface area contributed by atoms with Crippen molar-refractivity contribution in [3.63, 3.8) is 0 Å². The first-order valence-electron chi connectivity index (χ1n) is 4.94. The summed E-state index contributed by atoms with van der Waals surface area (Å²) in [6, 6.07) is 0. The predicted octanol–water partition coefficient (Wildman–Crippen LogP) is 2.89. The van der Waals surface area contributed by atoms with Crippen molar-refractivity contribution in [1.29, 1.82) is 0 Å². The van der Waals surface area contributed by atoms with Crippen LogP contribution in [0.1, 0.15) is 46.5 Å². The topological polar surface area (TPSA) is 20.2 Å². The average Bonchev–Trinajstić information content (AvgIpc) is 1.98. The number of hydrogen-bond donors (Lipinski definition) is 1. The first-order valence-corrected chi connectivity index (χ1v) is 4.94. The summed E-state index contributed by atoms with van der Waals surface area (Å²) in [5, 5.41) is 9.50. The summed E-state index contributed by atoms with van der Waals surface area (Å²) in [6.45, 7) is 6.71. The van der Waals surface area contributed by atoms with Crippen LogP contribution < -0.4 is 0 Å². The molecule has 70 valence electrons. The van der Waals surface area contributed by atoms with Gasteiger partial charge in [-0.05, 0) is 31.1 Å². The SMILES string of the molecule is CC/C=C1/C[C@@H](O)CCC1(C)C. The monoisotopic (exact) mass is 168 g/mol. The third-order valence-corrected chi connectivity index (χ3v) is 2.88. The molecule has 1 atom stereocenters. The van der Waals surface area contributed by atoms with E-state index in [9.17, 15) is 5.11 Å². The molecule has 0 aromatic rings. The van der Waals surface area contributed by atoms with E-state index in [0.717, 1.165) is 25.7 Å². The van der Waals surface area contributed by atoms with Gasteiger partial charge < -0.3 is 5.11 Å². The van der Waals surface area contributed by atoms with Crippen LogP contribution in [0.2, 0.25) is 0 Å². The zero-order chi connectivity index (χ0) is 9.19. The van der Waals surface area contributed by atoms with Crippen LogP contribution in [-0.2, 0) is 0 Å². The summed E-state index contributed by atoms with van der Waals surface area (Å²) in [7, 11) is 0. The highest BCUT2D eigenvalue weighted by molar-refractivity contribution is 5.15. The first kappa shape index (κ1) is 9.79. The molecule has 1 heteroatoms. The molecule has 1 rings (SSSR count). The molecule has 1 saturated carbocycles. The van der Waals surface area contributed by atoms with E-state index in [1.807, 2.05) is 0 Å². The Morgan fingerprint density at radius 2 is 2.25 bits per heavy atom. The summed E-state index contributed by atoms with van der Waals surface area (Å²) in [6.07, 6.45) is 6.26. The maximum Gasteiger partial charge on any atom is 0.0577 e. The molecule has 1 nitrogen and oxygen atoms in total. The second-order valence-electron chi connectivity index (χ2n) is 4.42. The summed E-state index contributed by atoms with van der Waals surface area (Å²) < 4.78 is 0. The van der Waals surface area contributed by atoms with Crippen molar-refractivity contribution in [3.8, 4) is 0 Å². The van der Waals surface area contributed by atoms with Crippen molar-refractivity contribution in [1.82, 2.24) is 0 Å². The highest BCUT2D eigenvalue weighted by Gasteiger charge is 2.29. The molecule has 0 radical (unpaired) electrons. The minimum atomic E-state index is -0.0872. The van der Waals surface area contributed by atoms with Crippen LogP contribution in [0.25, 0.3) is 0 Å². The molecule has 0 heterocycles. The minimum Gasteiger partial charge on any atom is -0.393 e. The second kappa shape index (κ2) is 3.61. The average molecular weight is 168 g/mol. The molecule has 0 aromatic carbocycles. The zero-order valence-corrected chi connectivity index (χ0v) is 8.43. The lowest BCUT2D eigenvalue weighted by Crippen LogP contribution is -2.27. The molecule has 1 aliphatic rings. The Kier molecular flexibility index (Phi) is 2.94. The highest BCUT2D eigenvalue weighted by atomic mass is 16.3. The highest BCUT2D eigenvalue weighted by Crippen LogP contribution is 2.40. The Bertz CT molecular complexity index is 179. The lowest BCUT2D eigenvalue weighted by atomic mass is 9.72. The van der Waals surface area contributed by atoms with E-state index in [-0.39, 0.29) is 6.10 Å². The number of allylic oxidation sites excluding steroid dienone is 1. The molecular weight excluding hydrogens is 148 g/mol. The van der Waals surface area contributed by atoms with E-state index in [2.05, 4.69) is 26.8 Å². The Labute approximate surface area is 75.5 Å². The summed E-state index contributed by atoms with van der Waals surface area (Å²) in [4.78, 5) is 0. The number of rotatable bonds is 1. The van der Waals surface area contributed by atoms with Gasteiger partial charge in [-0.1, -0.05) is 32.4 Å². The fourth-order valence-electron chi connectivity index (χ4n) is 1.93. The molecule has 0 aromatic heterocycles. The van der Waals surface area contributed by atoms with E-state index >= 15 is 0 Å². The van der Waals surface area contributed by atoms with Crippen molar-refractivity contribution >= 4 is 0 Å². The van der Waals surface area contributed by atoms with Gasteiger partial charge in [0, 0.05) is 0 Å². The zero-order valence-electron chi connectivity index (χ0n) is 8.43. The predicted molar refractivity (Wildman–Crippen MR) is 52.0 cm³/mol. The fourth-order valence-corrected chi connectivity index (χ4v) is 1.93. The van der Waals surface area contributed by atoms with Crippen LogP contribution in [-0.4, -0.2) is 11.2 Å². The molecule has 1 aliphatic carbocycles. The molecular formula is C11H20O. The number of aliphatic hydroxyl groups excluding tert-OH is 1. The van der Waals surface area contributed by atoms with Gasteiger partial charge in [0.1, 0.15) is 0 Å². The van der Waals surface area contributed by atoms with Gasteiger partial charge in [0.2, 0.25) is 0 Å². The summed E-state index contributed by atoms with van der Waals surface area (Å²) >= 11 is 0. The molecule has 0 bridgehead atoms. The van der Waals surface area contributed by atoms with E-state index in [0.29, 0.717) is 5.41 Å². The quantitative estimate of drug-likeness (QED) is 0.597. The van der Waals surface area contributed by atoms with Crippen LogP contribution in [0, 0.1) is 5.41 Å². The summed E-state index contributed by atoms with van der Waals surface area (Å²) in [5.74, 6) is 0. The molecule has 1 N–H and O–H groups in total. The van der Waals surface area contributed by atoms with Gasteiger partial charge in [-0.25, -0.2) is 0 Å². The molecule has 12 heavy (non-hydrogen) atoms. The molecule has 0 amide bonds. The van der Waals surface area contributed by atoms with E-state index in [1.54, 1.807) is 0 Å². The third-order valence-electron chi connectivity index (χ3n) is 2.88. The number of hydrogen-bond acceptors (Lipinski definition) is 1. The normalized spacial score (nSPS) is 32.3. The lowest BCUT2D eigenvalue weighted by molar-refractivity contribution is 0.117. The Hall–Kier alpha value is -0.300. The summed E-state index contributed by atoms with van der Waals surface area (Å²) in [5.41, 5.74) is 1.78. The van der Waals surface area contributed by atoms with Crippen LogP contribution in [0.15, 0.2) is 11.6 Å². The van der Waals surface area contributed by atoms with Crippen LogP contribution in [0.5, 0.6) is 0 Å². The Balaban J connectivity index is 2.72. The van der Waals surface area contributed by atoms with Gasteiger partial charge in [0.15, 0.2) is 0 Å². The second-order valence-corrected chi connectivity index (χ2v) is 4.42. The van der Waals surface area contributed by atoms with Crippen LogP contribution in [0.4, 0.5) is 0 Å². The standard InChI is InChI=1S/C11H20O/c1-4-5-9-8-10(12)6-7-11(9,2)3/h5,10,12H,4,6-8H2,1-3H3/b9-5-/t10-/m0/s1. The van der Waals surface area contributed by atoms with Crippen molar-refractivity contribution in [2.75, 3.05) is 0 Å². The van der Waals surface area contributed by atoms with Gasteiger partial charge in [0.05, 0.1) is 6.10 Å². The van der Waals surface area contributed by atoms with Gasteiger partial charge in [-0.2, -0.15) is 0 Å². The van der Waals surface area contributed by atoms with Crippen LogP contribution >= 0.6 is 0 Å². The van der Waals surface area contributed by atoms with Crippen molar-refractivity contribution < 1.29 is 5.11 Å². The largest absolute Gasteiger partial charge is 0.393 e. The lowest BCUT2D eigenvalue weighted by Gasteiger charge is -2.35. The molecule has 0 aliphatic heterocycles.